The summed E-state index contributed by atoms with van der Waals surface area (Å²) in [6.45, 7) is 3.45. The molecule has 0 heterocycles. The minimum absolute atomic E-state index is 0.0216. The number of ether oxygens (including phenoxy) is 2. The molecule has 0 aromatic carbocycles. The Morgan fingerprint density at radius 2 is 1.33 bits per heavy atom. The van der Waals surface area contributed by atoms with Crippen molar-refractivity contribution in [2.75, 3.05) is 48.1 Å². The number of hydrogen-bond acceptors (Lipinski definition) is 4. The molecule has 0 aliphatic carbocycles. The zero-order valence-electron chi connectivity index (χ0n) is 20.2. The third-order valence-corrected chi connectivity index (χ3v) is 6.08. The van der Waals surface area contributed by atoms with E-state index in [-0.39, 0.29) is 18.8 Å². The van der Waals surface area contributed by atoms with Crippen LogP contribution in [0.2, 0.25) is 0 Å². The highest BCUT2D eigenvalue weighted by molar-refractivity contribution is 7.46. The molecule has 2 unspecified atom stereocenters. The molecule has 0 aliphatic heterocycles. The summed E-state index contributed by atoms with van der Waals surface area (Å²) in [6, 6.07) is -0.104. The Labute approximate surface area is 185 Å². The second-order valence-corrected chi connectivity index (χ2v) is 10.5. The van der Waals surface area contributed by atoms with E-state index in [1.54, 1.807) is 7.11 Å². The number of methoxy groups -OCH3 is 1. The molecule has 182 valence electrons. The van der Waals surface area contributed by atoms with Crippen molar-refractivity contribution in [2.45, 2.75) is 96.1 Å². The van der Waals surface area contributed by atoms with Crippen LogP contribution in [0, 0.1) is 0 Å². The molecule has 0 radical (unpaired) electrons. The maximum Gasteiger partial charge on any atom is 0.469 e. The van der Waals surface area contributed by atoms with Crippen molar-refractivity contribution in [3.8, 4) is 0 Å². The molecule has 0 amide bonds. The highest BCUT2D eigenvalue weighted by atomic mass is 31.2. The van der Waals surface area contributed by atoms with Crippen molar-refractivity contribution in [3.63, 3.8) is 0 Å². The van der Waals surface area contributed by atoms with Gasteiger partial charge in [0.25, 0.3) is 0 Å². The highest BCUT2D eigenvalue weighted by Crippen LogP contribution is 2.36. The van der Waals surface area contributed by atoms with Crippen LogP contribution >= 0.6 is 7.82 Å². The SMILES string of the molecule is CCCCCCCCCCCCCOCC(CC(COP(=O)(O)O)[N+](C)(C)C)OC. The lowest BCUT2D eigenvalue weighted by molar-refractivity contribution is -0.897. The molecule has 0 aliphatic rings. The quantitative estimate of drug-likeness (QED) is 0.146. The van der Waals surface area contributed by atoms with Crippen LogP contribution in [-0.2, 0) is 18.6 Å². The molecular formula is C22H49NO6P+. The Morgan fingerprint density at radius 1 is 0.833 bits per heavy atom. The molecule has 2 atom stereocenters. The van der Waals surface area contributed by atoms with Gasteiger partial charge in [-0.25, -0.2) is 4.57 Å². The summed E-state index contributed by atoms with van der Waals surface area (Å²) < 4.78 is 27.6. The molecule has 30 heavy (non-hydrogen) atoms. The van der Waals surface area contributed by atoms with Crippen LogP contribution in [0.15, 0.2) is 0 Å². The first kappa shape index (κ1) is 30.0. The fourth-order valence-corrected chi connectivity index (χ4v) is 3.78. The molecule has 0 aromatic heterocycles. The molecule has 0 aromatic rings. The molecule has 7 nitrogen and oxygen atoms in total. The van der Waals surface area contributed by atoms with Gasteiger partial charge in [-0.05, 0) is 6.42 Å². The van der Waals surface area contributed by atoms with Crippen molar-refractivity contribution in [2.24, 2.45) is 0 Å². The fourth-order valence-electron chi connectivity index (χ4n) is 3.41. The minimum Gasteiger partial charge on any atom is -0.379 e. The number of phosphoric ester groups is 1. The first-order chi connectivity index (χ1) is 14.1. The van der Waals surface area contributed by atoms with Crippen molar-refractivity contribution in [1.29, 1.82) is 0 Å². The summed E-state index contributed by atoms with van der Waals surface area (Å²) in [7, 11) is 3.11. The van der Waals surface area contributed by atoms with Gasteiger partial charge in [0.05, 0.1) is 33.9 Å². The lowest BCUT2D eigenvalue weighted by Gasteiger charge is -2.35. The van der Waals surface area contributed by atoms with Gasteiger partial charge in [-0.2, -0.15) is 0 Å². The summed E-state index contributed by atoms with van der Waals surface area (Å²) in [4.78, 5) is 18.0. The number of unbranched alkanes of at least 4 members (excludes halogenated alkanes) is 10. The van der Waals surface area contributed by atoms with Crippen LogP contribution in [0.1, 0.15) is 84.0 Å². The lowest BCUT2D eigenvalue weighted by atomic mass is 10.1. The molecule has 8 heteroatoms. The average molecular weight is 455 g/mol. The van der Waals surface area contributed by atoms with Crippen LogP contribution < -0.4 is 0 Å². The van der Waals surface area contributed by atoms with E-state index in [0.29, 0.717) is 17.5 Å². The first-order valence-corrected chi connectivity index (χ1v) is 13.2. The number of likely N-dealkylation sites (N-methyl/N-ethyl adjacent to an activating group) is 1. The van der Waals surface area contributed by atoms with Crippen molar-refractivity contribution in [3.05, 3.63) is 0 Å². The van der Waals surface area contributed by atoms with Crippen LogP contribution in [-0.4, -0.2) is 74.5 Å². The largest absolute Gasteiger partial charge is 0.469 e. The Morgan fingerprint density at radius 3 is 1.77 bits per heavy atom. The third-order valence-electron chi connectivity index (χ3n) is 5.59. The molecule has 2 N–H and O–H groups in total. The number of quaternary nitrogens is 1. The van der Waals surface area contributed by atoms with E-state index >= 15 is 0 Å². The molecule has 0 bridgehead atoms. The van der Waals surface area contributed by atoms with Gasteiger partial charge in [0.1, 0.15) is 12.6 Å². The summed E-state index contributed by atoms with van der Waals surface area (Å²) in [5.41, 5.74) is 0. The van der Waals surface area contributed by atoms with Gasteiger partial charge in [-0.3, -0.25) is 4.52 Å². The highest BCUT2D eigenvalue weighted by Gasteiger charge is 2.30. The van der Waals surface area contributed by atoms with Gasteiger partial charge in [0.15, 0.2) is 0 Å². The second kappa shape index (κ2) is 17.5. The van der Waals surface area contributed by atoms with E-state index in [4.69, 9.17) is 23.8 Å². The van der Waals surface area contributed by atoms with Gasteiger partial charge in [-0.1, -0.05) is 71.1 Å². The van der Waals surface area contributed by atoms with E-state index in [9.17, 15) is 4.57 Å². The van der Waals surface area contributed by atoms with E-state index in [1.807, 2.05) is 21.1 Å². The molecular weight excluding hydrogens is 405 g/mol. The van der Waals surface area contributed by atoms with Gasteiger partial charge in [-0.15, -0.1) is 0 Å². The normalized spacial score (nSPS) is 14.8. The van der Waals surface area contributed by atoms with Crippen molar-refractivity contribution >= 4 is 7.82 Å². The first-order valence-electron chi connectivity index (χ1n) is 11.7. The van der Waals surface area contributed by atoms with Gasteiger partial charge < -0.3 is 23.7 Å². The van der Waals surface area contributed by atoms with Crippen LogP contribution in [0.5, 0.6) is 0 Å². The monoisotopic (exact) mass is 454 g/mol. The third kappa shape index (κ3) is 18.7. The molecule has 0 fully saturated rings. The van der Waals surface area contributed by atoms with Crippen LogP contribution in [0.25, 0.3) is 0 Å². The number of rotatable bonds is 21. The summed E-state index contributed by atoms with van der Waals surface area (Å²) >= 11 is 0. The summed E-state index contributed by atoms with van der Waals surface area (Å²) in [5, 5.41) is 0. The number of nitrogens with zero attached hydrogens (tertiary/aromatic N) is 1. The smallest absolute Gasteiger partial charge is 0.379 e. The van der Waals surface area contributed by atoms with Crippen molar-refractivity contribution < 1.29 is 32.8 Å². The molecule has 0 rings (SSSR count). The standard InChI is InChI=1S/C22H48NO6P/c1-6-7-8-9-10-11-12-13-14-15-16-17-28-20-22(27-5)18-21(23(2,3)4)19-29-30(24,25)26/h21-22H,6-20H2,1-5H3,(H-,24,25,26)/p+1. The average Bonchev–Trinajstić information content (AvgIpc) is 2.65. The Balaban J connectivity index is 3.87. The Hall–Kier alpha value is -0.0100. The Bertz CT molecular complexity index is 438. The number of phosphoric acid groups is 1. The topological polar surface area (TPSA) is 85.2 Å². The Kier molecular flexibility index (Phi) is 17.5. The van der Waals surface area contributed by atoms with Crippen molar-refractivity contribution in [1.82, 2.24) is 0 Å². The van der Waals surface area contributed by atoms with E-state index in [2.05, 4.69) is 6.92 Å². The lowest BCUT2D eigenvalue weighted by Crippen LogP contribution is -2.49. The van der Waals surface area contributed by atoms with E-state index in [1.165, 1.54) is 64.2 Å². The maximum atomic E-state index is 11.0. The molecule has 0 saturated carbocycles. The van der Waals surface area contributed by atoms with E-state index < -0.39 is 7.82 Å². The molecule has 0 saturated heterocycles. The molecule has 0 spiro atoms. The second-order valence-electron chi connectivity index (χ2n) is 9.26. The maximum absolute atomic E-state index is 11.0. The zero-order chi connectivity index (χ0) is 22.9. The van der Waals surface area contributed by atoms with Gasteiger partial charge >= 0.3 is 7.82 Å². The predicted molar refractivity (Wildman–Crippen MR) is 123 cm³/mol. The van der Waals surface area contributed by atoms with Crippen LogP contribution in [0.4, 0.5) is 0 Å². The number of hydrogen-bond donors (Lipinski definition) is 2. The summed E-state index contributed by atoms with van der Waals surface area (Å²) in [5.74, 6) is 0. The fraction of sp³-hybridized carbons (Fsp3) is 1.00. The predicted octanol–water partition coefficient (Wildman–Crippen LogP) is 4.90. The van der Waals surface area contributed by atoms with Gasteiger partial charge in [0.2, 0.25) is 0 Å². The zero-order valence-corrected chi connectivity index (χ0v) is 21.1. The minimum atomic E-state index is -4.47. The summed E-state index contributed by atoms with van der Waals surface area (Å²) in [6.07, 6.45) is 14.9. The van der Waals surface area contributed by atoms with E-state index in [0.717, 1.165) is 13.0 Å². The van der Waals surface area contributed by atoms with Gasteiger partial charge in [0, 0.05) is 20.1 Å². The van der Waals surface area contributed by atoms with Crippen LogP contribution in [0.3, 0.4) is 0 Å².